The van der Waals surface area contributed by atoms with E-state index in [9.17, 15) is 0 Å². The predicted molar refractivity (Wildman–Crippen MR) is 118 cm³/mol. The lowest BCUT2D eigenvalue weighted by Gasteiger charge is -2.31. The van der Waals surface area contributed by atoms with Crippen LogP contribution < -0.4 is 10.6 Å². The molecule has 0 bridgehead atoms. The summed E-state index contributed by atoms with van der Waals surface area (Å²) in [6.45, 7) is 10.3. The summed E-state index contributed by atoms with van der Waals surface area (Å²) in [6, 6.07) is 0.574. The standard InChI is InChI=1S/C21H37N5OS/c1-5-28-19-7-6-18(12-19)25-21(22-4)23-13-17-8-10-26(11-9-17)14-20-24-15(2)16(3)27-20/h17-19H,5-14H2,1-4H3,(H2,22,23,25). The SMILES string of the molecule is CCSC1CCC(NC(=NC)NCC2CCN(Cc3nc(C)c(C)o3)CC2)C1. The van der Waals surface area contributed by atoms with Gasteiger partial charge in [0, 0.05) is 24.9 Å². The van der Waals surface area contributed by atoms with Crippen molar-refractivity contribution >= 4 is 17.7 Å². The van der Waals surface area contributed by atoms with E-state index in [4.69, 9.17) is 4.42 Å². The molecular weight excluding hydrogens is 370 g/mol. The van der Waals surface area contributed by atoms with Crippen molar-refractivity contribution in [3.05, 3.63) is 17.3 Å². The number of oxazole rings is 1. The first-order chi connectivity index (χ1) is 13.6. The highest BCUT2D eigenvalue weighted by Gasteiger charge is 2.26. The van der Waals surface area contributed by atoms with Gasteiger partial charge in [-0.2, -0.15) is 11.8 Å². The van der Waals surface area contributed by atoms with Crippen LogP contribution in [0.25, 0.3) is 0 Å². The lowest BCUT2D eigenvalue weighted by Crippen LogP contribution is -2.45. The van der Waals surface area contributed by atoms with E-state index in [2.05, 4.69) is 44.2 Å². The van der Waals surface area contributed by atoms with E-state index in [1.54, 1.807) is 0 Å². The Balaban J connectivity index is 1.35. The lowest BCUT2D eigenvalue weighted by atomic mass is 9.97. The third kappa shape index (κ3) is 6.14. The van der Waals surface area contributed by atoms with Crippen LogP contribution in [0.15, 0.2) is 9.41 Å². The summed E-state index contributed by atoms with van der Waals surface area (Å²) in [7, 11) is 1.88. The summed E-state index contributed by atoms with van der Waals surface area (Å²) >= 11 is 2.10. The number of aryl methyl sites for hydroxylation is 2. The number of guanidine groups is 1. The zero-order valence-electron chi connectivity index (χ0n) is 18.0. The summed E-state index contributed by atoms with van der Waals surface area (Å²) in [6.07, 6.45) is 6.27. The number of nitrogens with zero attached hydrogens (tertiary/aromatic N) is 3. The highest BCUT2D eigenvalue weighted by atomic mass is 32.2. The zero-order valence-corrected chi connectivity index (χ0v) is 18.8. The Morgan fingerprint density at radius 3 is 2.68 bits per heavy atom. The van der Waals surface area contributed by atoms with E-state index in [-0.39, 0.29) is 0 Å². The van der Waals surface area contributed by atoms with Crippen molar-refractivity contribution in [3.8, 4) is 0 Å². The van der Waals surface area contributed by atoms with Gasteiger partial charge in [-0.25, -0.2) is 4.98 Å². The van der Waals surface area contributed by atoms with Gasteiger partial charge in [-0.3, -0.25) is 9.89 Å². The Morgan fingerprint density at radius 1 is 1.25 bits per heavy atom. The summed E-state index contributed by atoms with van der Waals surface area (Å²) < 4.78 is 5.73. The van der Waals surface area contributed by atoms with Crippen molar-refractivity contribution in [2.75, 3.05) is 32.4 Å². The second-order valence-corrected chi connectivity index (χ2v) is 9.73. The molecule has 2 atom stereocenters. The minimum Gasteiger partial charge on any atom is -0.444 e. The number of hydrogen-bond donors (Lipinski definition) is 2. The molecule has 0 spiro atoms. The smallest absolute Gasteiger partial charge is 0.208 e. The second kappa shape index (κ2) is 10.5. The number of thioether (sulfide) groups is 1. The number of aliphatic imine (C=N–C) groups is 1. The number of likely N-dealkylation sites (tertiary alicyclic amines) is 1. The van der Waals surface area contributed by atoms with Crippen molar-refractivity contribution < 1.29 is 4.42 Å². The van der Waals surface area contributed by atoms with Crippen LogP contribution in [-0.2, 0) is 6.54 Å². The molecule has 2 aliphatic rings. The molecule has 7 heteroatoms. The van der Waals surface area contributed by atoms with Crippen molar-refractivity contribution in [1.82, 2.24) is 20.5 Å². The molecule has 1 aromatic rings. The Labute approximate surface area is 174 Å². The predicted octanol–water partition coefficient (Wildman–Crippen LogP) is 3.34. The Bertz CT molecular complexity index is 619. The third-order valence-electron chi connectivity index (χ3n) is 6.05. The van der Waals surface area contributed by atoms with E-state index < -0.39 is 0 Å². The normalized spacial score (nSPS) is 24.6. The fraction of sp³-hybridized carbons (Fsp3) is 0.810. The second-order valence-electron chi connectivity index (χ2n) is 8.15. The molecule has 2 unspecified atom stereocenters. The maximum Gasteiger partial charge on any atom is 0.208 e. The first-order valence-electron chi connectivity index (χ1n) is 10.8. The first-order valence-corrected chi connectivity index (χ1v) is 11.9. The maximum absolute atomic E-state index is 5.73. The average molecular weight is 408 g/mol. The van der Waals surface area contributed by atoms with Gasteiger partial charge in [0.15, 0.2) is 5.96 Å². The molecule has 28 heavy (non-hydrogen) atoms. The fourth-order valence-corrected chi connectivity index (χ4v) is 5.38. The Morgan fingerprint density at radius 2 is 2.04 bits per heavy atom. The van der Waals surface area contributed by atoms with Crippen molar-refractivity contribution in [3.63, 3.8) is 0 Å². The highest BCUT2D eigenvalue weighted by Crippen LogP contribution is 2.29. The summed E-state index contributed by atoms with van der Waals surface area (Å²) in [5.74, 6) is 4.69. The molecular formula is C21H37N5OS. The lowest BCUT2D eigenvalue weighted by molar-refractivity contribution is 0.164. The summed E-state index contributed by atoms with van der Waals surface area (Å²) in [5, 5.41) is 8.03. The van der Waals surface area contributed by atoms with Crippen LogP contribution in [0.2, 0.25) is 0 Å². The molecule has 1 saturated carbocycles. The fourth-order valence-electron chi connectivity index (χ4n) is 4.23. The average Bonchev–Trinajstić information content (AvgIpc) is 3.26. The maximum atomic E-state index is 5.73. The van der Waals surface area contributed by atoms with Gasteiger partial charge in [-0.15, -0.1) is 0 Å². The van der Waals surface area contributed by atoms with Gasteiger partial charge < -0.3 is 15.1 Å². The van der Waals surface area contributed by atoms with Gasteiger partial charge in [-0.1, -0.05) is 6.92 Å². The molecule has 0 radical (unpaired) electrons. The summed E-state index contributed by atoms with van der Waals surface area (Å²) in [5.41, 5.74) is 1.01. The van der Waals surface area contributed by atoms with Crippen LogP contribution in [-0.4, -0.2) is 59.6 Å². The molecule has 1 aliphatic carbocycles. The van der Waals surface area contributed by atoms with Gasteiger partial charge >= 0.3 is 0 Å². The number of hydrogen-bond acceptors (Lipinski definition) is 5. The van der Waals surface area contributed by atoms with Crippen LogP contribution in [0.4, 0.5) is 0 Å². The van der Waals surface area contributed by atoms with Crippen LogP contribution in [0.1, 0.15) is 56.4 Å². The molecule has 1 aromatic heterocycles. The number of aromatic nitrogens is 1. The van der Waals surface area contributed by atoms with E-state index in [0.29, 0.717) is 12.0 Å². The number of rotatable bonds is 7. The molecule has 3 rings (SSSR count). The van der Waals surface area contributed by atoms with Crippen LogP contribution in [0.5, 0.6) is 0 Å². The molecule has 0 amide bonds. The molecule has 1 aliphatic heterocycles. The van der Waals surface area contributed by atoms with Gasteiger partial charge in [0.05, 0.1) is 12.2 Å². The van der Waals surface area contributed by atoms with E-state index in [0.717, 1.165) is 54.7 Å². The van der Waals surface area contributed by atoms with Crippen molar-refractivity contribution in [1.29, 1.82) is 0 Å². The molecule has 0 aromatic carbocycles. The number of piperidine rings is 1. The molecule has 2 N–H and O–H groups in total. The van der Waals surface area contributed by atoms with Gasteiger partial charge in [0.1, 0.15) is 5.76 Å². The van der Waals surface area contributed by atoms with Gasteiger partial charge in [0.2, 0.25) is 5.89 Å². The van der Waals surface area contributed by atoms with Crippen molar-refractivity contribution in [2.24, 2.45) is 10.9 Å². The molecule has 158 valence electrons. The molecule has 6 nitrogen and oxygen atoms in total. The quantitative estimate of drug-likeness (QED) is 0.534. The minimum absolute atomic E-state index is 0.574. The third-order valence-corrected chi connectivity index (χ3v) is 7.28. The zero-order chi connectivity index (χ0) is 19.9. The first kappa shape index (κ1) is 21.5. The van der Waals surface area contributed by atoms with Crippen LogP contribution in [0.3, 0.4) is 0 Å². The monoisotopic (exact) mass is 407 g/mol. The summed E-state index contributed by atoms with van der Waals surface area (Å²) in [4.78, 5) is 11.4. The van der Waals surface area contributed by atoms with E-state index in [1.807, 2.05) is 20.9 Å². The topological polar surface area (TPSA) is 65.7 Å². The van der Waals surface area contributed by atoms with E-state index in [1.165, 1.54) is 37.9 Å². The van der Waals surface area contributed by atoms with Gasteiger partial charge in [0.25, 0.3) is 0 Å². The molecule has 2 heterocycles. The Kier molecular flexibility index (Phi) is 8.09. The Hall–Kier alpha value is -1.21. The largest absolute Gasteiger partial charge is 0.444 e. The van der Waals surface area contributed by atoms with E-state index >= 15 is 0 Å². The van der Waals surface area contributed by atoms with Crippen LogP contribution in [0, 0.1) is 19.8 Å². The highest BCUT2D eigenvalue weighted by molar-refractivity contribution is 7.99. The van der Waals surface area contributed by atoms with Crippen molar-refractivity contribution in [2.45, 2.75) is 70.7 Å². The molecule has 2 fully saturated rings. The van der Waals surface area contributed by atoms with Gasteiger partial charge in [-0.05, 0) is 70.7 Å². The number of nitrogens with one attached hydrogen (secondary N) is 2. The molecule has 1 saturated heterocycles. The minimum atomic E-state index is 0.574. The van der Waals surface area contributed by atoms with Crippen LogP contribution >= 0.6 is 11.8 Å².